The normalized spacial score (nSPS) is 10.6. The number of aromatic carboxylic acids is 1. The molecule has 1 aromatic rings. The molecule has 90 valence electrons. The van der Waals surface area contributed by atoms with E-state index in [1.807, 2.05) is 0 Å². The van der Waals surface area contributed by atoms with Gasteiger partial charge in [0, 0.05) is 13.7 Å². The zero-order chi connectivity index (χ0) is 12.0. The van der Waals surface area contributed by atoms with E-state index in [9.17, 15) is 4.79 Å². The highest BCUT2D eigenvalue weighted by Crippen LogP contribution is 2.19. The molecule has 1 heterocycles. The summed E-state index contributed by atoms with van der Waals surface area (Å²) in [4.78, 5) is 15.5. The van der Waals surface area contributed by atoms with E-state index in [1.54, 1.807) is 0 Å². The van der Waals surface area contributed by atoms with Crippen LogP contribution in [0.15, 0.2) is 0 Å². The van der Waals surface area contributed by atoms with E-state index in [4.69, 9.17) is 9.84 Å². The molecule has 0 saturated carbocycles. The van der Waals surface area contributed by atoms with Gasteiger partial charge in [-0.25, -0.2) is 9.78 Å². The van der Waals surface area contributed by atoms with E-state index >= 15 is 0 Å². The van der Waals surface area contributed by atoms with Crippen molar-refractivity contribution in [3.05, 3.63) is 15.6 Å². The van der Waals surface area contributed by atoms with Gasteiger partial charge >= 0.3 is 5.97 Å². The van der Waals surface area contributed by atoms with Gasteiger partial charge in [0.25, 0.3) is 0 Å². The van der Waals surface area contributed by atoms with Gasteiger partial charge in [0.1, 0.15) is 9.88 Å². The first-order valence-corrected chi connectivity index (χ1v) is 5.92. The Balaban J connectivity index is 2.72. The number of carbonyl (C=O) groups is 1. The minimum absolute atomic E-state index is 0.242. The first-order chi connectivity index (χ1) is 7.69. The van der Waals surface area contributed by atoms with Crippen LogP contribution in [-0.2, 0) is 17.9 Å². The largest absolute Gasteiger partial charge is 0.477 e. The SMILES string of the molecule is CCCNCc1nc(COC)c(C(=O)O)s1. The van der Waals surface area contributed by atoms with Crippen LogP contribution < -0.4 is 5.32 Å². The van der Waals surface area contributed by atoms with Gasteiger partial charge in [-0.3, -0.25) is 0 Å². The Morgan fingerprint density at radius 3 is 2.94 bits per heavy atom. The third-order valence-corrected chi connectivity index (χ3v) is 3.01. The van der Waals surface area contributed by atoms with Gasteiger partial charge in [0.2, 0.25) is 0 Å². The Labute approximate surface area is 98.5 Å². The summed E-state index contributed by atoms with van der Waals surface area (Å²) in [6.07, 6.45) is 1.04. The second-order valence-electron chi connectivity index (χ2n) is 3.30. The number of aromatic nitrogens is 1. The zero-order valence-corrected chi connectivity index (χ0v) is 10.3. The fraction of sp³-hybridized carbons (Fsp3) is 0.600. The molecule has 2 N–H and O–H groups in total. The molecule has 1 rings (SSSR count). The molecule has 0 fully saturated rings. The maximum Gasteiger partial charge on any atom is 0.347 e. The summed E-state index contributed by atoms with van der Waals surface area (Å²) in [6, 6.07) is 0. The summed E-state index contributed by atoms with van der Waals surface area (Å²) >= 11 is 1.20. The number of methoxy groups -OCH3 is 1. The van der Waals surface area contributed by atoms with Crippen molar-refractivity contribution in [3.63, 3.8) is 0 Å². The fourth-order valence-electron chi connectivity index (χ4n) is 1.25. The molecule has 0 aliphatic rings. The first kappa shape index (κ1) is 13.1. The van der Waals surface area contributed by atoms with E-state index in [2.05, 4.69) is 17.2 Å². The lowest BCUT2D eigenvalue weighted by Crippen LogP contribution is -2.13. The molecule has 1 aromatic heterocycles. The van der Waals surface area contributed by atoms with E-state index in [1.165, 1.54) is 18.4 Å². The molecule has 0 unspecified atom stereocenters. The van der Waals surface area contributed by atoms with Crippen LogP contribution in [0.4, 0.5) is 0 Å². The van der Waals surface area contributed by atoms with E-state index in [0.717, 1.165) is 18.0 Å². The van der Waals surface area contributed by atoms with Crippen molar-refractivity contribution in [2.75, 3.05) is 13.7 Å². The van der Waals surface area contributed by atoms with Crippen molar-refractivity contribution >= 4 is 17.3 Å². The number of ether oxygens (including phenoxy) is 1. The lowest BCUT2D eigenvalue weighted by Gasteiger charge is -1.97. The van der Waals surface area contributed by atoms with Crippen LogP contribution in [0.25, 0.3) is 0 Å². The van der Waals surface area contributed by atoms with Gasteiger partial charge in [0.15, 0.2) is 0 Å². The highest BCUT2D eigenvalue weighted by atomic mass is 32.1. The van der Waals surface area contributed by atoms with Crippen molar-refractivity contribution in [1.82, 2.24) is 10.3 Å². The quantitative estimate of drug-likeness (QED) is 0.711. The Morgan fingerprint density at radius 2 is 2.38 bits per heavy atom. The molecular formula is C10H16N2O3S. The van der Waals surface area contributed by atoms with Gasteiger partial charge in [0.05, 0.1) is 12.3 Å². The van der Waals surface area contributed by atoms with E-state index < -0.39 is 5.97 Å². The first-order valence-electron chi connectivity index (χ1n) is 5.10. The van der Waals surface area contributed by atoms with Crippen molar-refractivity contribution in [3.8, 4) is 0 Å². The smallest absolute Gasteiger partial charge is 0.347 e. The van der Waals surface area contributed by atoms with Gasteiger partial charge < -0.3 is 15.2 Å². The number of carboxylic acids is 1. The lowest BCUT2D eigenvalue weighted by molar-refractivity contribution is 0.0697. The van der Waals surface area contributed by atoms with Crippen molar-refractivity contribution in [2.45, 2.75) is 26.5 Å². The molecule has 16 heavy (non-hydrogen) atoms. The van der Waals surface area contributed by atoms with Crippen LogP contribution in [0.1, 0.15) is 33.7 Å². The minimum Gasteiger partial charge on any atom is -0.477 e. The molecule has 0 aliphatic heterocycles. The number of nitrogens with zero attached hydrogens (tertiary/aromatic N) is 1. The Morgan fingerprint density at radius 1 is 1.62 bits per heavy atom. The maximum absolute atomic E-state index is 10.9. The predicted molar refractivity (Wildman–Crippen MR) is 61.8 cm³/mol. The van der Waals surface area contributed by atoms with Gasteiger partial charge in [-0.1, -0.05) is 6.92 Å². The molecule has 6 heteroatoms. The summed E-state index contributed by atoms with van der Waals surface area (Å²) in [6.45, 7) is 3.84. The Kier molecular flexibility index (Phi) is 5.37. The molecule has 0 spiro atoms. The van der Waals surface area contributed by atoms with Gasteiger partial charge in [-0.2, -0.15) is 0 Å². The van der Waals surface area contributed by atoms with Crippen LogP contribution >= 0.6 is 11.3 Å². The number of nitrogens with one attached hydrogen (secondary N) is 1. The highest BCUT2D eigenvalue weighted by molar-refractivity contribution is 7.13. The summed E-state index contributed by atoms with van der Waals surface area (Å²) in [5.74, 6) is -0.939. The van der Waals surface area contributed by atoms with Crippen molar-refractivity contribution in [1.29, 1.82) is 0 Å². The topological polar surface area (TPSA) is 71.5 Å². The standard InChI is InChI=1S/C10H16N2O3S/c1-3-4-11-5-8-12-7(6-15-2)9(16-8)10(13)14/h11H,3-6H2,1-2H3,(H,13,14). The summed E-state index contributed by atoms with van der Waals surface area (Å²) in [5.41, 5.74) is 0.508. The number of hydrogen-bond donors (Lipinski definition) is 2. The van der Waals surface area contributed by atoms with Gasteiger partial charge in [-0.15, -0.1) is 11.3 Å². The molecule has 0 saturated heterocycles. The molecule has 0 amide bonds. The minimum atomic E-state index is -0.939. The predicted octanol–water partition coefficient (Wildman–Crippen LogP) is 1.49. The second kappa shape index (κ2) is 6.57. The fourth-order valence-corrected chi connectivity index (χ4v) is 2.13. The third-order valence-electron chi connectivity index (χ3n) is 1.92. The molecule has 0 aromatic carbocycles. The van der Waals surface area contributed by atoms with E-state index in [-0.39, 0.29) is 11.5 Å². The van der Waals surface area contributed by atoms with Crippen LogP contribution in [0.3, 0.4) is 0 Å². The van der Waals surface area contributed by atoms with Gasteiger partial charge in [-0.05, 0) is 13.0 Å². The van der Waals surface area contributed by atoms with Crippen LogP contribution in [0.5, 0.6) is 0 Å². The molecule has 0 aliphatic carbocycles. The average molecular weight is 244 g/mol. The molecule has 0 bridgehead atoms. The van der Waals surface area contributed by atoms with Crippen molar-refractivity contribution in [2.24, 2.45) is 0 Å². The summed E-state index contributed by atoms with van der Waals surface area (Å²) in [5, 5.41) is 12.9. The monoisotopic (exact) mass is 244 g/mol. The third kappa shape index (κ3) is 3.55. The Bertz CT molecular complexity index is 352. The zero-order valence-electron chi connectivity index (χ0n) is 9.45. The summed E-state index contributed by atoms with van der Waals surface area (Å²) < 4.78 is 4.92. The van der Waals surface area contributed by atoms with E-state index in [0.29, 0.717) is 12.2 Å². The van der Waals surface area contributed by atoms with Crippen LogP contribution in [0.2, 0.25) is 0 Å². The second-order valence-corrected chi connectivity index (χ2v) is 4.38. The molecular weight excluding hydrogens is 228 g/mol. The number of carboxylic acid groups (broad SMARTS) is 1. The van der Waals surface area contributed by atoms with Crippen molar-refractivity contribution < 1.29 is 14.6 Å². The number of thiazole rings is 1. The molecule has 0 atom stereocenters. The number of hydrogen-bond acceptors (Lipinski definition) is 5. The summed E-state index contributed by atoms with van der Waals surface area (Å²) in [7, 11) is 1.53. The lowest BCUT2D eigenvalue weighted by atomic mass is 10.4. The van der Waals surface area contributed by atoms with Crippen LogP contribution in [-0.4, -0.2) is 29.7 Å². The average Bonchev–Trinajstić information content (AvgIpc) is 2.62. The number of rotatable bonds is 7. The Hall–Kier alpha value is -0.980. The molecule has 5 nitrogen and oxygen atoms in total. The van der Waals surface area contributed by atoms with Crippen LogP contribution in [0, 0.1) is 0 Å². The highest BCUT2D eigenvalue weighted by Gasteiger charge is 2.16. The maximum atomic E-state index is 10.9. The molecule has 0 radical (unpaired) electrons.